The Balaban J connectivity index is 1.45. The van der Waals surface area contributed by atoms with Gasteiger partial charge in [-0.05, 0) is 49.6 Å². The molecule has 0 unspecified atom stereocenters. The number of aliphatic imine (C=N–C) groups is 1. The first-order valence-electron chi connectivity index (χ1n) is 9.45. The molecule has 0 aliphatic rings. The topological polar surface area (TPSA) is 65.1 Å². The molecule has 0 radical (unpaired) electrons. The van der Waals surface area contributed by atoms with Crippen LogP contribution in [0.2, 0.25) is 0 Å². The Hall–Kier alpha value is -2.89. The smallest absolute Gasteiger partial charge is 0.191 e. The number of nitrogens with zero attached hydrogens (tertiary/aromatic N) is 2. The quantitative estimate of drug-likeness (QED) is 0.325. The van der Waals surface area contributed by atoms with E-state index in [9.17, 15) is 4.39 Å². The van der Waals surface area contributed by atoms with Gasteiger partial charge in [0.1, 0.15) is 11.6 Å². The van der Waals surface area contributed by atoms with Gasteiger partial charge in [-0.3, -0.25) is 4.99 Å². The molecule has 3 N–H and O–H groups in total. The summed E-state index contributed by atoms with van der Waals surface area (Å²) in [5, 5.41) is 6.54. The second kappa shape index (κ2) is 9.71. The predicted molar refractivity (Wildman–Crippen MR) is 109 cm³/mol. The van der Waals surface area contributed by atoms with Crippen LogP contribution in [0, 0.1) is 5.82 Å². The molecule has 0 spiro atoms. The molecule has 0 fully saturated rings. The lowest BCUT2D eigenvalue weighted by Crippen LogP contribution is -2.38. The summed E-state index contributed by atoms with van der Waals surface area (Å²) in [4.78, 5) is 12.5. The van der Waals surface area contributed by atoms with Gasteiger partial charge in [-0.1, -0.05) is 24.3 Å². The van der Waals surface area contributed by atoms with Crippen LogP contribution < -0.4 is 10.6 Å². The third kappa shape index (κ3) is 5.81. The first kappa shape index (κ1) is 18.9. The predicted octanol–water partition coefficient (Wildman–Crippen LogP) is 3.43. The van der Waals surface area contributed by atoms with E-state index in [0.29, 0.717) is 13.1 Å². The molecule has 1 aromatic heterocycles. The van der Waals surface area contributed by atoms with Crippen molar-refractivity contribution in [3.63, 3.8) is 0 Å². The van der Waals surface area contributed by atoms with Crippen molar-refractivity contribution in [1.29, 1.82) is 0 Å². The molecule has 0 bridgehead atoms. The molecule has 2 aromatic carbocycles. The molecule has 0 saturated heterocycles. The molecule has 3 rings (SSSR count). The van der Waals surface area contributed by atoms with E-state index >= 15 is 0 Å². The highest BCUT2D eigenvalue weighted by atomic mass is 19.1. The number of rotatable bonds is 8. The number of benzene rings is 2. The Morgan fingerprint density at radius 1 is 1.11 bits per heavy atom. The molecule has 0 aliphatic heterocycles. The van der Waals surface area contributed by atoms with E-state index in [-0.39, 0.29) is 5.82 Å². The van der Waals surface area contributed by atoms with E-state index in [0.717, 1.165) is 54.2 Å². The van der Waals surface area contributed by atoms with Crippen LogP contribution in [-0.4, -0.2) is 35.6 Å². The molecule has 0 amide bonds. The van der Waals surface area contributed by atoms with E-state index in [4.69, 9.17) is 0 Å². The number of nitrogens with one attached hydrogen (secondary N) is 3. The number of aryl methyl sites for hydroxylation is 1. The van der Waals surface area contributed by atoms with Gasteiger partial charge in [-0.25, -0.2) is 9.37 Å². The fourth-order valence-corrected chi connectivity index (χ4v) is 2.92. The fraction of sp³-hybridized carbons (Fsp3) is 0.333. The molecule has 1 heterocycles. The van der Waals surface area contributed by atoms with Gasteiger partial charge in [0.25, 0.3) is 0 Å². The van der Waals surface area contributed by atoms with Gasteiger partial charge in [-0.15, -0.1) is 0 Å². The molecular weight excluding hydrogens is 341 g/mol. The summed E-state index contributed by atoms with van der Waals surface area (Å²) in [7, 11) is 0. The van der Waals surface area contributed by atoms with Gasteiger partial charge in [0.05, 0.1) is 11.0 Å². The number of hydrogen-bond acceptors (Lipinski definition) is 2. The van der Waals surface area contributed by atoms with Crippen LogP contribution in [0.15, 0.2) is 53.5 Å². The maximum atomic E-state index is 13.2. The monoisotopic (exact) mass is 367 g/mol. The highest BCUT2D eigenvalue weighted by molar-refractivity contribution is 5.79. The summed E-state index contributed by atoms with van der Waals surface area (Å²) in [6, 6.07) is 14.8. The summed E-state index contributed by atoms with van der Waals surface area (Å²) >= 11 is 0. The van der Waals surface area contributed by atoms with E-state index in [1.165, 1.54) is 6.07 Å². The molecule has 142 valence electrons. The van der Waals surface area contributed by atoms with Crippen LogP contribution in [0.3, 0.4) is 0 Å². The van der Waals surface area contributed by atoms with Crippen LogP contribution in [0.1, 0.15) is 24.7 Å². The summed E-state index contributed by atoms with van der Waals surface area (Å²) < 4.78 is 13.2. The molecule has 0 saturated carbocycles. The number of aromatic nitrogens is 2. The summed E-state index contributed by atoms with van der Waals surface area (Å²) in [6.07, 6.45) is 2.53. The minimum atomic E-state index is -0.196. The molecule has 0 atom stereocenters. The van der Waals surface area contributed by atoms with Crippen LogP contribution >= 0.6 is 0 Å². The third-order valence-corrected chi connectivity index (χ3v) is 4.22. The largest absolute Gasteiger partial charge is 0.357 e. The molecular formula is C21H26FN5. The summed E-state index contributed by atoms with van der Waals surface area (Å²) in [5.74, 6) is 1.59. The van der Waals surface area contributed by atoms with Crippen LogP contribution in [0.4, 0.5) is 4.39 Å². The lowest BCUT2D eigenvalue weighted by atomic mass is 10.1. The second-order valence-corrected chi connectivity index (χ2v) is 6.37. The van der Waals surface area contributed by atoms with Crippen molar-refractivity contribution in [2.45, 2.75) is 26.2 Å². The molecule has 6 heteroatoms. The first-order valence-corrected chi connectivity index (χ1v) is 9.45. The number of aromatic amines is 1. The van der Waals surface area contributed by atoms with Crippen molar-refractivity contribution >= 4 is 17.0 Å². The standard InChI is InChI=1S/C21H26FN5/c1-2-23-21(25-14-12-16-7-5-8-17(22)15-16)24-13-6-11-20-26-18-9-3-4-10-19(18)27-20/h3-5,7-10,15H,2,6,11-14H2,1H3,(H,26,27)(H2,23,24,25). The Bertz CT molecular complexity index is 854. The highest BCUT2D eigenvalue weighted by Crippen LogP contribution is 2.11. The van der Waals surface area contributed by atoms with Crippen molar-refractivity contribution in [1.82, 2.24) is 20.6 Å². The lowest BCUT2D eigenvalue weighted by molar-refractivity contribution is 0.625. The number of imidazole rings is 1. The van der Waals surface area contributed by atoms with Crippen molar-refractivity contribution in [2.24, 2.45) is 4.99 Å². The fourth-order valence-electron chi connectivity index (χ4n) is 2.92. The maximum Gasteiger partial charge on any atom is 0.191 e. The van der Waals surface area contributed by atoms with Crippen molar-refractivity contribution in [3.05, 3.63) is 65.7 Å². The van der Waals surface area contributed by atoms with Gasteiger partial charge in [0, 0.05) is 26.1 Å². The molecule has 3 aromatic rings. The van der Waals surface area contributed by atoms with Crippen molar-refractivity contribution in [2.75, 3.05) is 19.6 Å². The summed E-state index contributed by atoms with van der Waals surface area (Å²) in [5.41, 5.74) is 3.05. The number of halogens is 1. The molecule has 5 nitrogen and oxygen atoms in total. The summed E-state index contributed by atoms with van der Waals surface area (Å²) in [6.45, 7) is 4.26. The third-order valence-electron chi connectivity index (χ3n) is 4.22. The number of para-hydroxylation sites is 2. The SMILES string of the molecule is CCNC(=NCCCc1nc2ccccc2[nH]1)NCCc1cccc(F)c1. The van der Waals surface area contributed by atoms with E-state index in [2.05, 4.69) is 25.6 Å². The lowest BCUT2D eigenvalue weighted by Gasteiger charge is -2.11. The molecule has 27 heavy (non-hydrogen) atoms. The zero-order valence-corrected chi connectivity index (χ0v) is 15.6. The Morgan fingerprint density at radius 2 is 2.00 bits per heavy atom. The maximum absolute atomic E-state index is 13.2. The number of fused-ring (bicyclic) bond motifs is 1. The second-order valence-electron chi connectivity index (χ2n) is 6.37. The zero-order valence-electron chi connectivity index (χ0n) is 15.6. The van der Waals surface area contributed by atoms with Crippen LogP contribution in [0.25, 0.3) is 11.0 Å². The van der Waals surface area contributed by atoms with E-state index in [1.54, 1.807) is 12.1 Å². The van der Waals surface area contributed by atoms with Gasteiger partial charge >= 0.3 is 0 Å². The number of H-pyrrole nitrogens is 1. The van der Waals surface area contributed by atoms with Crippen molar-refractivity contribution in [3.8, 4) is 0 Å². The highest BCUT2D eigenvalue weighted by Gasteiger charge is 2.02. The van der Waals surface area contributed by atoms with Gasteiger partial charge < -0.3 is 15.6 Å². The van der Waals surface area contributed by atoms with Crippen LogP contribution in [-0.2, 0) is 12.8 Å². The minimum Gasteiger partial charge on any atom is -0.357 e. The van der Waals surface area contributed by atoms with Gasteiger partial charge in [-0.2, -0.15) is 0 Å². The van der Waals surface area contributed by atoms with Crippen molar-refractivity contribution < 1.29 is 4.39 Å². The van der Waals surface area contributed by atoms with Crippen LogP contribution in [0.5, 0.6) is 0 Å². The number of hydrogen-bond donors (Lipinski definition) is 3. The van der Waals surface area contributed by atoms with Gasteiger partial charge in [0.15, 0.2) is 5.96 Å². The Kier molecular flexibility index (Phi) is 6.79. The molecule has 0 aliphatic carbocycles. The minimum absolute atomic E-state index is 0.196. The van der Waals surface area contributed by atoms with E-state index in [1.807, 2.05) is 37.3 Å². The average molecular weight is 367 g/mol. The normalized spacial score (nSPS) is 11.7. The zero-order chi connectivity index (χ0) is 18.9. The number of guanidine groups is 1. The van der Waals surface area contributed by atoms with Gasteiger partial charge in [0.2, 0.25) is 0 Å². The Morgan fingerprint density at radius 3 is 2.81 bits per heavy atom. The Labute approximate surface area is 159 Å². The van der Waals surface area contributed by atoms with E-state index < -0.39 is 0 Å². The first-order chi connectivity index (χ1) is 13.2. The average Bonchev–Trinajstić information content (AvgIpc) is 3.08.